The maximum absolute atomic E-state index is 11.8. The average molecular weight is 329 g/mol. The predicted octanol–water partition coefficient (Wildman–Crippen LogP) is 2.07. The van der Waals surface area contributed by atoms with E-state index in [2.05, 4.69) is 10.4 Å². The predicted molar refractivity (Wildman–Crippen MR) is 86.7 cm³/mol. The molecule has 1 aromatic heterocycles. The Hall–Kier alpha value is -2.25. The third-order valence-electron chi connectivity index (χ3n) is 2.62. The van der Waals surface area contributed by atoms with E-state index < -0.39 is 23.2 Å². The number of nitrogens with zero attached hydrogens (tertiary/aromatic N) is 1. The molecular weight excluding hydrogens is 302 g/mol. The van der Waals surface area contributed by atoms with Crippen molar-refractivity contribution in [3.05, 3.63) is 22.1 Å². The van der Waals surface area contributed by atoms with Crippen LogP contribution in [0.5, 0.6) is 0 Å². The Bertz CT molecular complexity index is 583. The molecule has 0 aliphatic rings. The molecule has 1 atom stereocenters. The molecule has 0 aliphatic heterocycles. The zero-order valence-corrected chi connectivity index (χ0v) is 13.6. The van der Waals surface area contributed by atoms with Crippen LogP contribution in [0.4, 0.5) is 4.79 Å². The Morgan fingerprint density at radius 1 is 1.39 bits per heavy atom. The monoisotopic (exact) mass is 329 g/mol. The summed E-state index contributed by atoms with van der Waals surface area (Å²) in [6.07, 6.45) is -0.563. The molecular formula is C15H27N3O5. The van der Waals surface area contributed by atoms with Crippen LogP contribution in [0.1, 0.15) is 58.6 Å². The molecule has 1 amide bonds. The largest absolute Gasteiger partial charge is 0.461 e. The summed E-state index contributed by atoms with van der Waals surface area (Å²) in [7, 11) is 0. The van der Waals surface area contributed by atoms with Crippen molar-refractivity contribution in [3.63, 3.8) is 0 Å². The smallest absolute Gasteiger partial charge is 0.407 e. The van der Waals surface area contributed by atoms with Gasteiger partial charge in [0.2, 0.25) is 0 Å². The van der Waals surface area contributed by atoms with Gasteiger partial charge in [0, 0.05) is 12.6 Å². The molecule has 1 rings (SSSR count). The van der Waals surface area contributed by atoms with Crippen molar-refractivity contribution in [2.24, 2.45) is 0 Å². The number of hydrogen-bond acceptors (Lipinski definition) is 5. The standard InChI is InChI=1S/C14H23N3O5.CH4/c1-6-21-12(19)10-7-11(18)16-17(10)9(2)8-15-13(20)22-14(3,4)5;/h7,9H,6,8H2,1-5H3,(H,15,20)(H,16,18);1H4. The van der Waals surface area contributed by atoms with Gasteiger partial charge in [-0.3, -0.25) is 14.6 Å². The van der Waals surface area contributed by atoms with Gasteiger partial charge >= 0.3 is 12.1 Å². The van der Waals surface area contributed by atoms with Gasteiger partial charge < -0.3 is 14.8 Å². The first kappa shape index (κ1) is 20.8. The van der Waals surface area contributed by atoms with E-state index in [4.69, 9.17) is 9.47 Å². The third kappa shape index (κ3) is 6.58. The van der Waals surface area contributed by atoms with Gasteiger partial charge in [-0.05, 0) is 34.6 Å². The first-order valence-corrected chi connectivity index (χ1v) is 7.09. The second kappa shape index (κ2) is 8.40. The van der Waals surface area contributed by atoms with Crippen LogP contribution in [0, 0.1) is 0 Å². The highest BCUT2D eigenvalue weighted by molar-refractivity contribution is 5.87. The summed E-state index contributed by atoms with van der Waals surface area (Å²) >= 11 is 0. The van der Waals surface area contributed by atoms with Crippen molar-refractivity contribution in [1.29, 1.82) is 0 Å². The summed E-state index contributed by atoms with van der Waals surface area (Å²) in [6, 6.07) is 0.816. The lowest BCUT2D eigenvalue weighted by atomic mass is 10.2. The molecule has 8 nitrogen and oxygen atoms in total. The molecule has 0 saturated carbocycles. The second-order valence-electron chi connectivity index (χ2n) is 5.83. The Kier molecular flexibility index (Phi) is 7.58. The van der Waals surface area contributed by atoms with Crippen LogP contribution in [0.3, 0.4) is 0 Å². The Morgan fingerprint density at radius 2 is 2.00 bits per heavy atom. The molecule has 0 radical (unpaired) electrons. The van der Waals surface area contributed by atoms with Crippen molar-refractivity contribution in [3.8, 4) is 0 Å². The van der Waals surface area contributed by atoms with Crippen LogP contribution in [0.25, 0.3) is 0 Å². The number of carbonyl (C=O) groups excluding carboxylic acids is 2. The summed E-state index contributed by atoms with van der Waals surface area (Å²) in [5.41, 5.74) is -0.886. The number of alkyl carbamates (subject to hydrolysis) is 1. The number of H-pyrrole nitrogens is 1. The van der Waals surface area contributed by atoms with Crippen molar-refractivity contribution >= 4 is 12.1 Å². The highest BCUT2D eigenvalue weighted by Crippen LogP contribution is 2.09. The molecule has 0 bridgehead atoms. The van der Waals surface area contributed by atoms with Crippen LogP contribution >= 0.6 is 0 Å². The van der Waals surface area contributed by atoms with E-state index in [0.717, 1.165) is 0 Å². The summed E-state index contributed by atoms with van der Waals surface area (Å²) in [5.74, 6) is -0.593. The minimum absolute atomic E-state index is 0. The van der Waals surface area contributed by atoms with E-state index in [9.17, 15) is 14.4 Å². The van der Waals surface area contributed by atoms with E-state index >= 15 is 0 Å². The maximum Gasteiger partial charge on any atom is 0.407 e. The van der Waals surface area contributed by atoms with E-state index in [0.29, 0.717) is 0 Å². The van der Waals surface area contributed by atoms with Gasteiger partial charge in [-0.2, -0.15) is 0 Å². The van der Waals surface area contributed by atoms with E-state index in [1.165, 1.54) is 10.7 Å². The summed E-state index contributed by atoms with van der Waals surface area (Å²) in [5, 5.41) is 5.11. The fourth-order valence-corrected chi connectivity index (χ4v) is 1.75. The quantitative estimate of drug-likeness (QED) is 0.805. The van der Waals surface area contributed by atoms with Crippen LogP contribution in [-0.4, -0.2) is 40.6 Å². The fraction of sp³-hybridized carbons (Fsp3) is 0.667. The van der Waals surface area contributed by atoms with Gasteiger partial charge in [0.25, 0.3) is 5.56 Å². The Labute approximate surface area is 136 Å². The number of nitrogens with one attached hydrogen (secondary N) is 2. The zero-order valence-electron chi connectivity index (χ0n) is 13.6. The molecule has 132 valence electrons. The van der Waals surface area contributed by atoms with E-state index in [1.54, 1.807) is 34.6 Å². The lowest BCUT2D eigenvalue weighted by Crippen LogP contribution is -2.36. The van der Waals surface area contributed by atoms with Gasteiger partial charge in [-0.1, -0.05) is 7.43 Å². The van der Waals surface area contributed by atoms with Crippen LogP contribution in [-0.2, 0) is 9.47 Å². The Morgan fingerprint density at radius 3 is 2.52 bits per heavy atom. The normalized spacial score (nSPS) is 12.0. The Balaban J connectivity index is 0.00000484. The molecule has 0 aliphatic carbocycles. The van der Waals surface area contributed by atoms with Crippen LogP contribution in [0.15, 0.2) is 10.9 Å². The minimum atomic E-state index is -0.593. The highest BCUT2D eigenvalue weighted by Gasteiger charge is 2.20. The molecule has 1 heterocycles. The van der Waals surface area contributed by atoms with Crippen LogP contribution in [0.2, 0.25) is 0 Å². The molecule has 8 heteroatoms. The average Bonchev–Trinajstić information content (AvgIpc) is 2.76. The number of aromatic amines is 1. The first-order valence-electron chi connectivity index (χ1n) is 7.09. The lowest BCUT2D eigenvalue weighted by molar-refractivity contribution is 0.0508. The number of esters is 1. The molecule has 1 unspecified atom stereocenters. The van der Waals surface area contributed by atoms with Crippen molar-refractivity contribution in [2.75, 3.05) is 13.2 Å². The molecule has 2 N–H and O–H groups in total. The van der Waals surface area contributed by atoms with Gasteiger partial charge in [-0.15, -0.1) is 0 Å². The maximum atomic E-state index is 11.8. The number of amides is 1. The first-order chi connectivity index (χ1) is 10.1. The van der Waals surface area contributed by atoms with E-state index in [1.807, 2.05) is 0 Å². The van der Waals surface area contributed by atoms with Gasteiger partial charge in [0.05, 0.1) is 12.6 Å². The van der Waals surface area contributed by atoms with Crippen molar-refractivity contribution < 1.29 is 19.1 Å². The molecule has 0 saturated heterocycles. The lowest BCUT2D eigenvalue weighted by Gasteiger charge is -2.21. The van der Waals surface area contributed by atoms with Gasteiger partial charge in [0.15, 0.2) is 0 Å². The fourth-order valence-electron chi connectivity index (χ4n) is 1.75. The zero-order chi connectivity index (χ0) is 16.9. The van der Waals surface area contributed by atoms with Crippen molar-refractivity contribution in [2.45, 2.75) is 53.7 Å². The SMILES string of the molecule is C.CCOC(=O)c1cc(=O)[nH]n1C(C)CNC(=O)OC(C)(C)C. The van der Waals surface area contributed by atoms with Gasteiger partial charge in [-0.25, -0.2) is 9.59 Å². The molecule has 0 spiro atoms. The minimum Gasteiger partial charge on any atom is -0.461 e. The van der Waals surface area contributed by atoms with Crippen LogP contribution < -0.4 is 10.9 Å². The number of aromatic nitrogens is 2. The summed E-state index contributed by atoms with van der Waals surface area (Å²) in [4.78, 5) is 34.9. The molecule has 23 heavy (non-hydrogen) atoms. The van der Waals surface area contributed by atoms with Crippen molar-refractivity contribution in [1.82, 2.24) is 15.1 Å². The molecule has 0 fully saturated rings. The van der Waals surface area contributed by atoms with E-state index in [-0.39, 0.29) is 32.3 Å². The topological polar surface area (TPSA) is 102 Å². The number of carbonyl (C=O) groups is 2. The third-order valence-corrected chi connectivity index (χ3v) is 2.62. The van der Waals surface area contributed by atoms with Gasteiger partial charge in [0.1, 0.15) is 11.3 Å². The highest BCUT2D eigenvalue weighted by atomic mass is 16.6. The number of ether oxygens (including phenoxy) is 2. The molecule has 0 aromatic carbocycles. The number of rotatable bonds is 5. The molecule has 1 aromatic rings. The number of hydrogen-bond donors (Lipinski definition) is 2. The summed E-state index contributed by atoms with van der Waals surface area (Å²) in [6.45, 7) is 9.11. The second-order valence-corrected chi connectivity index (χ2v) is 5.83. The summed E-state index contributed by atoms with van der Waals surface area (Å²) < 4.78 is 11.4.